The van der Waals surface area contributed by atoms with Crippen molar-refractivity contribution in [2.45, 2.75) is 13.3 Å². The van der Waals surface area contributed by atoms with Crippen LogP contribution in [-0.4, -0.2) is 18.1 Å². The Kier molecular flexibility index (Phi) is 2.95. The first-order chi connectivity index (χ1) is 8.15. The minimum absolute atomic E-state index is 0.321. The van der Waals surface area contributed by atoms with Gasteiger partial charge in [-0.15, -0.1) is 0 Å². The van der Waals surface area contributed by atoms with Gasteiger partial charge in [0, 0.05) is 5.39 Å². The number of ether oxygens (including phenoxy) is 1. The summed E-state index contributed by atoms with van der Waals surface area (Å²) in [6.07, 6.45) is 0.904. The molecule has 0 bridgehead atoms. The number of nitrogens with zero attached hydrogens (tertiary/aromatic N) is 1. The van der Waals surface area contributed by atoms with Crippen molar-refractivity contribution >= 4 is 22.7 Å². The Balaban J connectivity index is 2.74. The van der Waals surface area contributed by atoms with Gasteiger partial charge in [-0.3, -0.25) is 0 Å². The summed E-state index contributed by atoms with van der Waals surface area (Å²) in [4.78, 5) is 15.9. The molecule has 4 heteroatoms. The van der Waals surface area contributed by atoms with Crippen LogP contribution in [0.15, 0.2) is 24.3 Å². The number of rotatable bonds is 2. The maximum absolute atomic E-state index is 11.7. The first-order valence-corrected chi connectivity index (χ1v) is 5.43. The van der Waals surface area contributed by atoms with Crippen molar-refractivity contribution in [1.29, 1.82) is 0 Å². The van der Waals surface area contributed by atoms with Crippen molar-refractivity contribution in [3.63, 3.8) is 0 Å². The Morgan fingerprint density at radius 2 is 2.18 bits per heavy atom. The van der Waals surface area contributed by atoms with Crippen molar-refractivity contribution in [2.24, 2.45) is 0 Å². The predicted molar refractivity (Wildman–Crippen MR) is 66.9 cm³/mol. The van der Waals surface area contributed by atoms with Crippen LogP contribution in [0.3, 0.4) is 0 Å². The van der Waals surface area contributed by atoms with Gasteiger partial charge >= 0.3 is 5.97 Å². The fourth-order valence-electron chi connectivity index (χ4n) is 1.79. The van der Waals surface area contributed by atoms with Gasteiger partial charge in [-0.1, -0.05) is 13.0 Å². The molecule has 2 rings (SSSR count). The number of methoxy groups -OCH3 is 1. The second-order valence-corrected chi connectivity index (χ2v) is 3.79. The highest BCUT2D eigenvalue weighted by Crippen LogP contribution is 2.22. The summed E-state index contributed by atoms with van der Waals surface area (Å²) in [5, 5.41) is 0.783. The van der Waals surface area contributed by atoms with Gasteiger partial charge in [0.15, 0.2) is 0 Å². The minimum atomic E-state index is -0.391. The molecule has 0 spiro atoms. The van der Waals surface area contributed by atoms with Crippen molar-refractivity contribution in [2.75, 3.05) is 12.8 Å². The van der Waals surface area contributed by atoms with Gasteiger partial charge in [0.1, 0.15) is 5.82 Å². The number of aromatic nitrogens is 1. The third-order valence-electron chi connectivity index (χ3n) is 2.71. The molecule has 0 aliphatic heterocycles. The first kappa shape index (κ1) is 11.4. The average Bonchev–Trinajstić information content (AvgIpc) is 2.36. The SMILES string of the molecule is CCc1ccc2nc(N)cc(C(=O)OC)c2c1. The maximum Gasteiger partial charge on any atom is 0.338 e. The lowest BCUT2D eigenvalue weighted by atomic mass is 10.0. The lowest BCUT2D eigenvalue weighted by Gasteiger charge is -2.07. The number of fused-ring (bicyclic) bond motifs is 1. The van der Waals surface area contributed by atoms with E-state index in [1.807, 2.05) is 18.2 Å². The van der Waals surface area contributed by atoms with E-state index in [0.717, 1.165) is 17.4 Å². The molecule has 2 N–H and O–H groups in total. The van der Waals surface area contributed by atoms with Crippen molar-refractivity contribution in [3.05, 3.63) is 35.4 Å². The third kappa shape index (κ3) is 2.06. The molecule has 0 atom stereocenters. The number of carbonyl (C=O) groups is 1. The fraction of sp³-hybridized carbons (Fsp3) is 0.231. The Hall–Kier alpha value is -2.10. The third-order valence-corrected chi connectivity index (χ3v) is 2.71. The second kappa shape index (κ2) is 4.41. The van der Waals surface area contributed by atoms with E-state index in [4.69, 9.17) is 10.5 Å². The summed E-state index contributed by atoms with van der Waals surface area (Å²) in [6.45, 7) is 2.06. The van der Waals surface area contributed by atoms with Crippen LogP contribution < -0.4 is 5.73 Å². The molecular weight excluding hydrogens is 216 g/mol. The predicted octanol–water partition coefficient (Wildman–Crippen LogP) is 2.17. The maximum atomic E-state index is 11.7. The van der Waals surface area contributed by atoms with E-state index in [-0.39, 0.29) is 0 Å². The zero-order chi connectivity index (χ0) is 12.4. The van der Waals surface area contributed by atoms with E-state index in [2.05, 4.69) is 11.9 Å². The molecule has 0 aliphatic carbocycles. The molecule has 88 valence electrons. The zero-order valence-corrected chi connectivity index (χ0v) is 9.86. The monoisotopic (exact) mass is 230 g/mol. The van der Waals surface area contributed by atoms with E-state index in [1.165, 1.54) is 7.11 Å². The summed E-state index contributed by atoms with van der Waals surface area (Å²) in [5.74, 6) is -0.0699. The topological polar surface area (TPSA) is 65.2 Å². The number of benzene rings is 1. The molecule has 0 fully saturated rings. The normalized spacial score (nSPS) is 10.5. The first-order valence-electron chi connectivity index (χ1n) is 5.43. The molecule has 0 saturated heterocycles. The van der Waals surface area contributed by atoms with Crippen LogP contribution in [0.5, 0.6) is 0 Å². The van der Waals surface area contributed by atoms with Crippen LogP contribution in [0.4, 0.5) is 5.82 Å². The van der Waals surface area contributed by atoms with E-state index >= 15 is 0 Å². The van der Waals surface area contributed by atoms with Gasteiger partial charge < -0.3 is 10.5 Å². The molecule has 0 saturated carbocycles. The summed E-state index contributed by atoms with van der Waals surface area (Å²) < 4.78 is 4.75. The lowest BCUT2D eigenvalue weighted by Crippen LogP contribution is -2.05. The molecule has 0 unspecified atom stereocenters. The standard InChI is InChI=1S/C13H14N2O2/c1-3-8-4-5-11-9(6-8)10(13(16)17-2)7-12(14)15-11/h4-7H,3H2,1-2H3,(H2,14,15). The number of hydrogen-bond acceptors (Lipinski definition) is 4. The van der Waals surface area contributed by atoms with Crippen LogP contribution in [0, 0.1) is 0 Å². The highest BCUT2D eigenvalue weighted by atomic mass is 16.5. The smallest absolute Gasteiger partial charge is 0.338 e. The van der Waals surface area contributed by atoms with Gasteiger partial charge in [0.05, 0.1) is 18.2 Å². The highest BCUT2D eigenvalue weighted by Gasteiger charge is 2.12. The van der Waals surface area contributed by atoms with Crippen LogP contribution in [0.2, 0.25) is 0 Å². The lowest BCUT2D eigenvalue weighted by molar-refractivity contribution is 0.0603. The van der Waals surface area contributed by atoms with Gasteiger partial charge in [0.2, 0.25) is 0 Å². The number of esters is 1. The number of nitrogen functional groups attached to an aromatic ring is 1. The molecule has 1 aromatic heterocycles. The summed E-state index contributed by atoms with van der Waals surface area (Å²) in [5.41, 5.74) is 7.99. The molecular formula is C13H14N2O2. The molecule has 0 amide bonds. The Labute approximate surface area is 99.4 Å². The number of anilines is 1. The van der Waals surface area contributed by atoms with Gasteiger partial charge in [-0.2, -0.15) is 0 Å². The van der Waals surface area contributed by atoms with Crippen LogP contribution in [0.25, 0.3) is 10.9 Å². The Morgan fingerprint density at radius 3 is 2.82 bits per heavy atom. The number of carbonyl (C=O) groups excluding carboxylic acids is 1. The fourth-order valence-corrected chi connectivity index (χ4v) is 1.79. The van der Waals surface area contributed by atoms with Gasteiger partial charge in [-0.25, -0.2) is 9.78 Å². The van der Waals surface area contributed by atoms with Crippen molar-refractivity contribution in [1.82, 2.24) is 4.98 Å². The second-order valence-electron chi connectivity index (χ2n) is 3.79. The average molecular weight is 230 g/mol. The molecule has 1 aromatic carbocycles. The number of pyridine rings is 1. The van der Waals surface area contributed by atoms with Crippen molar-refractivity contribution in [3.8, 4) is 0 Å². The minimum Gasteiger partial charge on any atom is -0.465 e. The largest absolute Gasteiger partial charge is 0.465 e. The summed E-state index contributed by atoms with van der Waals surface area (Å²) >= 11 is 0. The van der Waals surface area contributed by atoms with Crippen LogP contribution in [0.1, 0.15) is 22.8 Å². The van der Waals surface area contributed by atoms with E-state index in [9.17, 15) is 4.79 Å². The van der Waals surface area contributed by atoms with Crippen LogP contribution in [-0.2, 0) is 11.2 Å². The zero-order valence-electron chi connectivity index (χ0n) is 9.86. The van der Waals surface area contributed by atoms with Gasteiger partial charge in [0.25, 0.3) is 0 Å². The van der Waals surface area contributed by atoms with E-state index in [1.54, 1.807) is 6.07 Å². The van der Waals surface area contributed by atoms with E-state index < -0.39 is 5.97 Å². The Morgan fingerprint density at radius 1 is 1.41 bits per heavy atom. The van der Waals surface area contributed by atoms with Crippen molar-refractivity contribution < 1.29 is 9.53 Å². The number of nitrogens with two attached hydrogens (primary N) is 1. The highest BCUT2D eigenvalue weighted by molar-refractivity contribution is 6.04. The number of hydrogen-bond donors (Lipinski definition) is 1. The van der Waals surface area contributed by atoms with Crippen LogP contribution >= 0.6 is 0 Å². The van der Waals surface area contributed by atoms with Gasteiger partial charge in [-0.05, 0) is 30.2 Å². The molecule has 0 radical (unpaired) electrons. The quantitative estimate of drug-likeness (QED) is 0.803. The number of aryl methyl sites for hydroxylation is 1. The van der Waals surface area contributed by atoms with E-state index in [0.29, 0.717) is 16.9 Å². The molecule has 2 aromatic rings. The summed E-state index contributed by atoms with van der Waals surface area (Å²) in [6, 6.07) is 7.36. The Bertz CT molecular complexity index is 579. The summed E-state index contributed by atoms with van der Waals surface area (Å²) in [7, 11) is 1.36. The molecule has 1 heterocycles. The molecule has 17 heavy (non-hydrogen) atoms. The molecule has 0 aliphatic rings. The molecule has 4 nitrogen and oxygen atoms in total.